The zero-order valence-corrected chi connectivity index (χ0v) is 16.1. The summed E-state index contributed by atoms with van der Waals surface area (Å²) in [6.45, 7) is 8.46. The molecule has 1 aromatic carbocycles. The molecule has 0 aliphatic rings. The predicted molar refractivity (Wildman–Crippen MR) is 102 cm³/mol. The van der Waals surface area contributed by atoms with E-state index in [2.05, 4.69) is 22.5 Å². The molecule has 0 heterocycles. The standard InChI is InChI=1S/C19H32FN3O3/c1-4-6-10-25-12-13-26-11-9-22-19(21-5-2)23-15-16-7-8-18(24-3)17(20)14-16/h7-8,14H,4-6,9-13,15H2,1-3H3,(H2,21,22,23). The lowest BCUT2D eigenvalue weighted by Crippen LogP contribution is -2.39. The second kappa shape index (κ2) is 14.3. The number of methoxy groups -OCH3 is 1. The minimum atomic E-state index is -0.382. The van der Waals surface area contributed by atoms with Crippen molar-refractivity contribution >= 4 is 5.96 Å². The number of hydrogen-bond acceptors (Lipinski definition) is 4. The van der Waals surface area contributed by atoms with E-state index >= 15 is 0 Å². The molecule has 6 nitrogen and oxygen atoms in total. The summed E-state index contributed by atoms with van der Waals surface area (Å²) in [4.78, 5) is 4.45. The third-order valence-corrected chi connectivity index (χ3v) is 3.53. The first-order valence-corrected chi connectivity index (χ1v) is 9.21. The second-order valence-corrected chi connectivity index (χ2v) is 5.67. The fourth-order valence-electron chi connectivity index (χ4n) is 2.13. The molecular formula is C19H32FN3O3. The Kier molecular flexibility index (Phi) is 12.2. The molecule has 0 unspecified atom stereocenters. The fourth-order valence-corrected chi connectivity index (χ4v) is 2.13. The van der Waals surface area contributed by atoms with Gasteiger partial charge in [-0.25, -0.2) is 9.38 Å². The van der Waals surface area contributed by atoms with E-state index in [1.165, 1.54) is 13.2 Å². The molecule has 0 radical (unpaired) electrons. The highest BCUT2D eigenvalue weighted by atomic mass is 19.1. The van der Waals surface area contributed by atoms with Gasteiger partial charge in [0, 0.05) is 19.7 Å². The Bertz CT molecular complexity index is 527. The number of ether oxygens (including phenoxy) is 3. The molecule has 26 heavy (non-hydrogen) atoms. The van der Waals surface area contributed by atoms with Crippen LogP contribution in [0.1, 0.15) is 32.3 Å². The minimum Gasteiger partial charge on any atom is -0.494 e. The molecule has 0 aliphatic carbocycles. The summed E-state index contributed by atoms with van der Waals surface area (Å²) < 4.78 is 29.6. The molecule has 0 aliphatic heterocycles. The topological polar surface area (TPSA) is 64.1 Å². The molecule has 0 bridgehead atoms. The van der Waals surface area contributed by atoms with Crippen molar-refractivity contribution in [2.75, 3.05) is 46.6 Å². The quantitative estimate of drug-likeness (QED) is 0.318. The van der Waals surface area contributed by atoms with Crippen LogP contribution in [0.3, 0.4) is 0 Å². The maximum atomic E-state index is 13.7. The van der Waals surface area contributed by atoms with Crippen LogP contribution in [0.5, 0.6) is 5.75 Å². The first kappa shape index (κ1) is 22.2. The molecule has 0 saturated heterocycles. The van der Waals surface area contributed by atoms with Gasteiger partial charge in [-0.15, -0.1) is 0 Å². The van der Waals surface area contributed by atoms with Gasteiger partial charge >= 0.3 is 0 Å². The van der Waals surface area contributed by atoms with Crippen molar-refractivity contribution < 1.29 is 18.6 Å². The van der Waals surface area contributed by atoms with Crippen LogP contribution < -0.4 is 15.4 Å². The van der Waals surface area contributed by atoms with Gasteiger partial charge in [-0.1, -0.05) is 19.4 Å². The van der Waals surface area contributed by atoms with E-state index in [9.17, 15) is 4.39 Å². The van der Waals surface area contributed by atoms with Crippen LogP contribution >= 0.6 is 0 Å². The van der Waals surface area contributed by atoms with Gasteiger partial charge in [-0.05, 0) is 31.0 Å². The third kappa shape index (κ3) is 9.58. The predicted octanol–water partition coefficient (Wildman–Crippen LogP) is 2.72. The van der Waals surface area contributed by atoms with E-state index in [1.54, 1.807) is 12.1 Å². The van der Waals surface area contributed by atoms with E-state index < -0.39 is 0 Å². The second-order valence-electron chi connectivity index (χ2n) is 5.67. The SMILES string of the molecule is CCCCOCCOCCNC(=NCc1ccc(OC)c(F)c1)NCC. The average molecular weight is 369 g/mol. The number of halogens is 1. The van der Waals surface area contributed by atoms with E-state index in [-0.39, 0.29) is 11.6 Å². The third-order valence-electron chi connectivity index (χ3n) is 3.53. The van der Waals surface area contributed by atoms with Crippen LogP contribution in [0.25, 0.3) is 0 Å². The Hall–Kier alpha value is -1.86. The largest absolute Gasteiger partial charge is 0.494 e. The lowest BCUT2D eigenvalue weighted by atomic mass is 10.2. The van der Waals surface area contributed by atoms with Gasteiger partial charge in [0.05, 0.1) is 33.5 Å². The first-order valence-electron chi connectivity index (χ1n) is 9.21. The Morgan fingerprint density at radius 3 is 2.50 bits per heavy atom. The Morgan fingerprint density at radius 2 is 1.85 bits per heavy atom. The molecule has 1 aromatic rings. The number of unbranched alkanes of at least 4 members (excludes halogenated alkanes) is 1. The van der Waals surface area contributed by atoms with Crippen molar-refractivity contribution in [1.82, 2.24) is 10.6 Å². The molecule has 0 aromatic heterocycles. The minimum absolute atomic E-state index is 0.235. The molecule has 2 N–H and O–H groups in total. The summed E-state index contributed by atoms with van der Waals surface area (Å²) in [7, 11) is 1.45. The molecule has 0 spiro atoms. The molecule has 0 atom stereocenters. The Balaban J connectivity index is 2.29. The van der Waals surface area contributed by atoms with Crippen molar-refractivity contribution in [3.63, 3.8) is 0 Å². The number of hydrogen-bond donors (Lipinski definition) is 2. The van der Waals surface area contributed by atoms with Crippen LogP contribution in [-0.2, 0) is 16.0 Å². The van der Waals surface area contributed by atoms with Crippen LogP contribution in [0.15, 0.2) is 23.2 Å². The van der Waals surface area contributed by atoms with Gasteiger partial charge in [0.1, 0.15) is 0 Å². The van der Waals surface area contributed by atoms with Gasteiger partial charge in [-0.2, -0.15) is 0 Å². The number of rotatable bonds is 13. The van der Waals surface area contributed by atoms with E-state index in [4.69, 9.17) is 14.2 Å². The first-order chi connectivity index (χ1) is 12.7. The number of nitrogens with zero attached hydrogens (tertiary/aromatic N) is 1. The van der Waals surface area contributed by atoms with Gasteiger partial charge in [0.2, 0.25) is 0 Å². The molecular weight excluding hydrogens is 337 g/mol. The lowest BCUT2D eigenvalue weighted by molar-refractivity contribution is 0.0487. The maximum Gasteiger partial charge on any atom is 0.191 e. The van der Waals surface area contributed by atoms with Gasteiger partial charge < -0.3 is 24.8 Å². The zero-order chi connectivity index (χ0) is 19.0. The van der Waals surface area contributed by atoms with E-state index in [1.807, 2.05) is 6.92 Å². The zero-order valence-electron chi connectivity index (χ0n) is 16.1. The van der Waals surface area contributed by atoms with Crippen LogP contribution in [0, 0.1) is 5.82 Å². The molecule has 0 saturated carbocycles. The maximum absolute atomic E-state index is 13.7. The molecule has 0 amide bonds. The van der Waals surface area contributed by atoms with Crippen molar-refractivity contribution in [3.05, 3.63) is 29.6 Å². The van der Waals surface area contributed by atoms with E-state index in [0.29, 0.717) is 38.9 Å². The summed E-state index contributed by atoms with van der Waals surface area (Å²) in [5.41, 5.74) is 0.779. The van der Waals surface area contributed by atoms with Crippen molar-refractivity contribution in [2.45, 2.75) is 33.2 Å². The molecule has 0 fully saturated rings. The van der Waals surface area contributed by atoms with Crippen molar-refractivity contribution in [2.24, 2.45) is 4.99 Å². The monoisotopic (exact) mass is 369 g/mol. The number of aliphatic imine (C=N–C) groups is 1. The van der Waals surface area contributed by atoms with Gasteiger partial charge in [0.15, 0.2) is 17.5 Å². The van der Waals surface area contributed by atoms with Crippen LogP contribution in [0.2, 0.25) is 0 Å². The highest BCUT2D eigenvalue weighted by Gasteiger charge is 2.03. The fraction of sp³-hybridized carbons (Fsp3) is 0.632. The number of benzene rings is 1. The summed E-state index contributed by atoms with van der Waals surface area (Å²) >= 11 is 0. The Labute approximate surface area is 156 Å². The van der Waals surface area contributed by atoms with Gasteiger partial charge in [0.25, 0.3) is 0 Å². The molecule has 7 heteroatoms. The number of guanidine groups is 1. The molecule has 148 valence electrons. The van der Waals surface area contributed by atoms with Gasteiger partial charge in [-0.3, -0.25) is 0 Å². The normalized spacial score (nSPS) is 11.5. The van der Waals surface area contributed by atoms with E-state index in [0.717, 1.165) is 31.6 Å². The lowest BCUT2D eigenvalue weighted by Gasteiger charge is -2.12. The van der Waals surface area contributed by atoms with Crippen molar-refractivity contribution in [1.29, 1.82) is 0 Å². The van der Waals surface area contributed by atoms with Crippen LogP contribution in [-0.4, -0.2) is 52.6 Å². The summed E-state index contributed by atoms with van der Waals surface area (Å²) in [5.74, 6) is 0.526. The number of nitrogens with one attached hydrogen (secondary N) is 2. The average Bonchev–Trinajstić information content (AvgIpc) is 2.64. The summed E-state index contributed by atoms with van der Waals surface area (Å²) in [6, 6.07) is 4.85. The van der Waals surface area contributed by atoms with Crippen LogP contribution in [0.4, 0.5) is 4.39 Å². The highest BCUT2D eigenvalue weighted by Crippen LogP contribution is 2.17. The smallest absolute Gasteiger partial charge is 0.191 e. The molecule has 1 rings (SSSR count). The highest BCUT2D eigenvalue weighted by molar-refractivity contribution is 5.79. The summed E-state index contributed by atoms with van der Waals surface area (Å²) in [6.07, 6.45) is 2.22. The van der Waals surface area contributed by atoms with Crippen molar-refractivity contribution in [3.8, 4) is 5.75 Å². The Morgan fingerprint density at radius 1 is 1.08 bits per heavy atom. The summed E-state index contributed by atoms with van der Waals surface area (Å²) in [5, 5.41) is 6.35.